The van der Waals surface area contributed by atoms with Crippen molar-refractivity contribution in [3.8, 4) is 11.1 Å². The summed E-state index contributed by atoms with van der Waals surface area (Å²) in [6.45, 7) is 3.24. The number of fused-ring (bicyclic) bond motifs is 3. The monoisotopic (exact) mass is 536 g/mol. The number of benzene rings is 3. The maximum Gasteiger partial charge on any atom is 0.411 e. The van der Waals surface area contributed by atoms with Crippen LogP contribution in [0.4, 0.5) is 10.5 Å². The molecule has 0 aromatic heterocycles. The van der Waals surface area contributed by atoms with Crippen molar-refractivity contribution in [2.45, 2.75) is 25.8 Å². The average molecular weight is 537 g/mol. The average Bonchev–Trinajstić information content (AvgIpc) is 3.14. The van der Waals surface area contributed by atoms with Gasteiger partial charge in [-0.05, 0) is 54.3 Å². The summed E-state index contributed by atoms with van der Waals surface area (Å²) in [6.07, 6.45) is -0.644. The largest absolute Gasteiger partial charge is 0.480 e. The maximum absolute atomic E-state index is 12.9. The van der Waals surface area contributed by atoms with Crippen LogP contribution in [-0.2, 0) is 9.53 Å². The van der Waals surface area contributed by atoms with Gasteiger partial charge in [0.1, 0.15) is 13.2 Å². The lowest BCUT2D eigenvalue weighted by Crippen LogP contribution is -2.40. The van der Waals surface area contributed by atoms with E-state index in [1.54, 1.807) is 26.0 Å². The van der Waals surface area contributed by atoms with Crippen molar-refractivity contribution in [3.05, 3.63) is 87.9 Å². The van der Waals surface area contributed by atoms with E-state index >= 15 is 0 Å². The summed E-state index contributed by atoms with van der Waals surface area (Å²) in [7, 11) is 0. The molecule has 2 amide bonds. The highest BCUT2D eigenvalue weighted by Crippen LogP contribution is 2.44. The smallest absolute Gasteiger partial charge is 0.411 e. The van der Waals surface area contributed by atoms with Crippen molar-refractivity contribution in [2.75, 3.05) is 18.5 Å². The Hall–Kier alpha value is -3.65. The predicted molar refractivity (Wildman–Crippen MR) is 137 cm³/mol. The van der Waals surface area contributed by atoms with Gasteiger partial charge in [-0.15, -0.1) is 0 Å². The highest BCUT2D eigenvalue weighted by atomic mass is 79.9. The molecule has 2 N–H and O–H groups in total. The van der Waals surface area contributed by atoms with Gasteiger partial charge in [0.25, 0.3) is 5.91 Å². The van der Waals surface area contributed by atoms with Gasteiger partial charge in [-0.2, -0.15) is 0 Å². The Morgan fingerprint density at radius 2 is 1.60 bits per heavy atom. The summed E-state index contributed by atoms with van der Waals surface area (Å²) >= 11 is 3.36. The summed E-state index contributed by atoms with van der Waals surface area (Å²) in [5.41, 5.74) is 5.13. The number of rotatable bonds is 7. The Labute approximate surface area is 211 Å². The number of carbonyl (C=O) groups is 3. The van der Waals surface area contributed by atoms with Crippen molar-refractivity contribution >= 4 is 39.6 Å². The highest BCUT2D eigenvalue weighted by molar-refractivity contribution is 9.10. The van der Waals surface area contributed by atoms with Crippen molar-refractivity contribution in [3.63, 3.8) is 0 Å². The Balaban J connectivity index is 1.47. The van der Waals surface area contributed by atoms with E-state index in [4.69, 9.17) is 9.84 Å². The third-order valence-corrected chi connectivity index (χ3v) is 6.38. The molecule has 0 atom stereocenters. The number of carboxylic acids is 1. The van der Waals surface area contributed by atoms with Crippen LogP contribution in [0, 0.1) is 0 Å². The zero-order valence-corrected chi connectivity index (χ0v) is 20.9. The lowest BCUT2D eigenvalue weighted by molar-refractivity contribution is -0.138. The molecule has 0 radical (unpaired) electrons. The van der Waals surface area contributed by atoms with E-state index in [2.05, 4.69) is 33.4 Å². The van der Waals surface area contributed by atoms with E-state index in [9.17, 15) is 14.4 Å². The Bertz CT molecular complexity index is 1240. The second kappa shape index (κ2) is 10.3. The summed E-state index contributed by atoms with van der Waals surface area (Å²) < 4.78 is 6.15. The molecular weight excluding hydrogens is 512 g/mol. The molecule has 4 rings (SSSR count). The minimum atomic E-state index is -1.10. The minimum absolute atomic E-state index is 0.0663. The molecule has 0 fully saturated rings. The molecule has 0 aliphatic heterocycles. The molecule has 1 aliphatic carbocycles. The highest BCUT2D eigenvalue weighted by Gasteiger charge is 2.29. The van der Waals surface area contributed by atoms with E-state index in [0.717, 1.165) is 22.3 Å². The SMILES string of the molecule is CC(C)N(CC(=O)O)C(=O)c1cc(Br)cc(NC(=O)OCC2c3ccccc3-c3ccccc32)c1. The first kappa shape index (κ1) is 24.5. The zero-order valence-electron chi connectivity index (χ0n) is 19.3. The molecule has 180 valence electrons. The Morgan fingerprint density at radius 3 is 2.17 bits per heavy atom. The first-order chi connectivity index (χ1) is 16.7. The van der Waals surface area contributed by atoms with Crippen molar-refractivity contribution in [1.82, 2.24) is 4.90 Å². The molecular formula is C27H25BrN2O5. The fourth-order valence-electron chi connectivity index (χ4n) is 4.34. The van der Waals surface area contributed by atoms with Crippen LogP contribution in [0.15, 0.2) is 71.2 Å². The van der Waals surface area contributed by atoms with E-state index in [1.165, 1.54) is 11.0 Å². The number of anilines is 1. The van der Waals surface area contributed by atoms with E-state index in [1.807, 2.05) is 36.4 Å². The van der Waals surface area contributed by atoms with Crippen LogP contribution in [0.3, 0.4) is 0 Å². The standard InChI is InChI=1S/C27H25BrN2O5/c1-16(2)30(14-25(31)32)26(33)17-11-18(28)13-19(12-17)29-27(34)35-15-24-22-9-5-3-7-20(22)21-8-4-6-10-23(21)24/h3-13,16,24H,14-15H2,1-2H3,(H,29,34)(H,31,32). The van der Waals surface area contributed by atoms with E-state index < -0.39 is 24.5 Å². The first-order valence-electron chi connectivity index (χ1n) is 11.2. The van der Waals surface area contributed by atoms with Gasteiger partial charge in [0, 0.05) is 27.7 Å². The molecule has 35 heavy (non-hydrogen) atoms. The van der Waals surface area contributed by atoms with Gasteiger partial charge in [0.2, 0.25) is 0 Å². The number of ether oxygens (including phenoxy) is 1. The summed E-state index contributed by atoms with van der Waals surface area (Å²) in [5.74, 6) is -1.61. The molecule has 0 heterocycles. The number of nitrogens with one attached hydrogen (secondary N) is 1. The van der Waals surface area contributed by atoms with Gasteiger partial charge in [-0.1, -0.05) is 64.5 Å². The molecule has 3 aromatic rings. The Kier molecular flexibility index (Phi) is 7.21. The summed E-state index contributed by atoms with van der Waals surface area (Å²) in [5, 5.41) is 11.8. The van der Waals surface area contributed by atoms with Gasteiger partial charge >= 0.3 is 12.1 Å². The van der Waals surface area contributed by atoms with Crippen LogP contribution >= 0.6 is 15.9 Å². The molecule has 0 unspecified atom stereocenters. The third-order valence-electron chi connectivity index (χ3n) is 5.92. The fraction of sp³-hybridized carbons (Fsp3) is 0.222. The van der Waals surface area contributed by atoms with E-state index in [0.29, 0.717) is 10.2 Å². The van der Waals surface area contributed by atoms with Gasteiger partial charge in [-0.3, -0.25) is 14.9 Å². The van der Waals surface area contributed by atoms with Crippen LogP contribution in [0.25, 0.3) is 11.1 Å². The van der Waals surface area contributed by atoms with Crippen LogP contribution in [0.1, 0.15) is 41.3 Å². The zero-order chi connectivity index (χ0) is 25.1. The van der Waals surface area contributed by atoms with Crippen molar-refractivity contribution < 1.29 is 24.2 Å². The lowest BCUT2D eigenvalue weighted by Gasteiger charge is -2.25. The van der Waals surface area contributed by atoms with Gasteiger partial charge in [-0.25, -0.2) is 4.79 Å². The van der Waals surface area contributed by atoms with Crippen LogP contribution in [0.5, 0.6) is 0 Å². The number of amides is 2. The molecule has 0 saturated heterocycles. The number of carbonyl (C=O) groups excluding carboxylic acids is 2. The topological polar surface area (TPSA) is 95.9 Å². The van der Waals surface area contributed by atoms with Gasteiger partial charge < -0.3 is 14.7 Å². The van der Waals surface area contributed by atoms with Crippen LogP contribution < -0.4 is 5.32 Å². The normalized spacial score (nSPS) is 12.1. The number of hydrogen-bond donors (Lipinski definition) is 2. The number of nitrogens with zero attached hydrogens (tertiary/aromatic N) is 1. The number of carboxylic acid groups (broad SMARTS) is 1. The van der Waals surface area contributed by atoms with Crippen molar-refractivity contribution in [2.24, 2.45) is 0 Å². The number of halogens is 1. The summed E-state index contributed by atoms with van der Waals surface area (Å²) in [4.78, 5) is 38.0. The molecule has 0 bridgehead atoms. The maximum atomic E-state index is 12.9. The van der Waals surface area contributed by atoms with Crippen LogP contribution in [-0.4, -0.2) is 47.2 Å². The molecule has 3 aromatic carbocycles. The summed E-state index contributed by atoms with van der Waals surface area (Å²) in [6, 6.07) is 20.6. The third kappa shape index (κ3) is 5.38. The molecule has 0 saturated carbocycles. The lowest BCUT2D eigenvalue weighted by atomic mass is 9.98. The minimum Gasteiger partial charge on any atom is -0.480 e. The van der Waals surface area contributed by atoms with Crippen LogP contribution in [0.2, 0.25) is 0 Å². The second-order valence-electron chi connectivity index (χ2n) is 8.60. The van der Waals surface area contributed by atoms with Gasteiger partial charge in [0.05, 0.1) is 0 Å². The van der Waals surface area contributed by atoms with E-state index in [-0.39, 0.29) is 24.1 Å². The molecule has 7 nitrogen and oxygen atoms in total. The molecule has 0 spiro atoms. The fourth-order valence-corrected chi connectivity index (χ4v) is 4.83. The second-order valence-corrected chi connectivity index (χ2v) is 9.52. The van der Waals surface area contributed by atoms with Crippen molar-refractivity contribution in [1.29, 1.82) is 0 Å². The Morgan fingerprint density at radius 1 is 1.00 bits per heavy atom. The molecule has 8 heteroatoms. The quantitative estimate of drug-likeness (QED) is 0.401. The number of hydrogen-bond acceptors (Lipinski definition) is 4. The molecule has 1 aliphatic rings. The number of aliphatic carboxylic acids is 1. The predicted octanol–water partition coefficient (Wildman–Crippen LogP) is 5.75. The van der Waals surface area contributed by atoms with Gasteiger partial charge in [0.15, 0.2) is 0 Å². The first-order valence-corrected chi connectivity index (χ1v) is 12.0.